The molecule has 3 saturated heterocycles. The van der Waals surface area contributed by atoms with Gasteiger partial charge in [-0.15, -0.1) is 12.4 Å². The molecule has 0 spiro atoms. The Morgan fingerprint density at radius 1 is 0.504 bits per heavy atom. The van der Waals surface area contributed by atoms with Crippen molar-refractivity contribution in [3.63, 3.8) is 0 Å². The fourth-order valence-electron chi connectivity index (χ4n) is 13.2. The van der Waals surface area contributed by atoms with Crippen LogP contribution >= 0.6 is 39.9 Å². The van der Waals surface area contributed by atoms with Gasteiger partial charge in [0.2, 0.25) is 5.28 Å². The van der Waals surface area contributed by atoms with Crippen molar-refractivity contribution in [3.8, 4) is 34.0 Å². The molecule has 2 aromatic carbocycles. The zero-order valence-electron chi connectivity index (χ0n) is 62.9. The monoisotopic (exact) mass is 1680 g/mol. The molecule has 1 saturated carbocycles. The van der Waals surface area contributed by atoms with Crippen molar-refractivity contribution in [3.05, 3.63) is 175 Å². The minimum atomic E-state index is -1.01. The van der Waals surface area contributed by atoms with Crippen LogP contribution in [-0.4, -0.2) is 217 Å². The van der Waals surface area contributed by atoms with E-state index in [1.165, 1.54) is 43.1 Å². The highest BCUT2D eigenvalue weighted by molar-refractivity contribution is 9.10. The lowest BCUT2D eigenvalue weighted by Gasteiger charge is -2.38. The Kier molecular flexibility index (Phi) is 32.2. The minimum absolute atomic E-state index is 0. The number of aliphatic hydroxyl groups excluding tert-OH is 4. The van der Waals surface area contributed by atoms with Gasteiger partial charge in [0.15, 0.2) is 47.2 Å². The zero-order chi connectivity index (χ0) is 81.1. The lowest BCUT2D eigenvalue weighted by atomic mass is 9.86. The van der Waals surface area contributed by atoms with Gasteiger partial charge in [-0.25, -0.2) is 42.5 Å². The van der Waals surface area contributed by atoms with Crippen LogP contribution in [0.2, 0.25) is 5.28 Å². The van der Waals surface area contributed by atoms with Crippen molar-refractivity contribution in [2.75, 3.05) is 122 Å². The van der Waals surface area contributed by atoms with Crippen LogP contribution < -0.4 is 39.7 Å². The van der Waals surface area contributed by atoms with E-state index < -0.39 is 55.5 Å². The van der Waals surface area contributed by atoms with Gasteiger partial charge >= 0.3 is 11.6 Å². The lowest BCUT2D eigenvalue weighted by Crippen LogP contribution is -2.46. The number of rotatable bonds is 15. The van der Waals surface area contributed by atoms with Crippen LogP contribution in [0.1, 0.15) is 110 Å². The second-order valence-electron chi connectivity index (χ2n) is 28.6. The van der Waals surface area contributed by atoms with Gasteiger partial charge in [-0.3, -0.25) is 4.98 Å². The fraction of sp³-hybridized carbons (Fsp3) is 0.474. The fourth-order valence-corrected chi connectivity index (χ4v) is 13.5. The number of halogens is 7. The number of piperidine rings is 3. The number of fused-ring (bicyclic) bond motifs is 2. The summed E-state index contributed by atoms with van der Waals surface area (Å²) in [5, 5.41) is 96.0. The summed E-state index contributed by atoms with van der Waals surface area (Å²) in [5.41, 5.74) is 7.11. The summed E-state index contributed by atoms with van der Waals surface area (Å²) in [4.78, 5) is 61.5. The van der Waals surface area contributed by atoms with E-state index >= 15 is 0 Å². The minimum Gasteiger partial charge on any atom is -0.486 e. The number of aliphatic hydroxyl groups is 8. The summed E-state index contributed by atoms with van der Waals surface area (Å²) < 4.78 is 69.7. The molecule has 0 radical (unpaired) electrons. The van der Waals surface area contributed by atoms with E-state index in [1.807, 2.05) is 60.6 Å². The van der Waals surface area contributed by atoms with E-state index in [4.69, 9.17) is 42.1 Å². The summed E-state index contributed by atoms with van der Waals surface area (Å²) in [7, 11) is 0. The van der Waals surface area contributed by atoms with Crippen molar-refractivity contribution < 1.29 is 77.7 Å². The topological polar surface area (TPSA) is 412 Å². The van der Waals surface area contributed by atoms with Gasteiger partial charge in [-0.2, -0.15) is 0 Å². The first kappa shape index (κ1) is 89.4. The molecule has 11 heterocycles. The Bertz CT molecular complexity index is 4410. The maximum absolute atomic E-state index is 14.9. The molecule has 0 bridgehead atoms. The molecule has 14 rings (SSSR count). The Balaban J connectivity index is 0.000000182. The normalized spacial score (nSPS) is 17.0. The molecule has 612 valence electrons. The number of nitrogens with two attached hydrogens (primary N) is 1. The molecule has 0 atom stereocenters. The molecule has 0 amide bonds. The SMILES string of the molecule is CC(C)N1CCOc2c(F)cc(-c3nc(Cc4ccc(N5CCC(O)(CO)CC5)cn4)ncc3F)cc21.CC(C)N1CCOc2c(F)cc(-c3nc(Cl)ncc3F)cc21.Cl.Nc1ccc(N2CCC(O)(CO)CC2)cn1.O=[N+]([O-])c1ccc(Br)cn1.O=[N+]([O-])c1ccc(N2CCC(O)(CO)CC2)cn1.OCC1(O)CCCCC1. The number of hydrogen-bond donors (Lipinski definition) is 9. The van der Waals surface area contributed by atoms with E-state index in [2.05, 4.69) is 65.6 Å². The van der Waals surface area contributed by atoms with Crippen LogP contribution in [0.4, 0.5) is 63.5 Å². The number of nitro groups is 2. The third-order valence-electron chi connectivity index (χ3n) is 20.0. The van der Waals surface area contributed by atoms with Gasteiger partial charge in [-0.05, 0) is 187 Å². The van der Waals surface area contributed by atoms with E-state index in [-0.39, 0.29) is 97.1 Å². The molecule has 8 aromatic rings. The van der Waals surface area contributed by atoms with Crippen LogP contribution in [-0.2, 0) is 6.42 Å². The standard InChI is InChI=1S/C27H31F2N5O3.C15H14ClF2N3O.C11H15N3O4.C11H17N3O2.C7H14O2.C5H3BrN2O2.ClH/c1-17(2)34-9-10-37-26-21(28)11-18(12-23(26)34)25-22(29)15-31-24(32-25)13-19-3-4-20(14-30-19)33-7-5-27(36,16-35)6-8-33;1-8(2)21-3-4-22-14-10(17)5-9(6-12(14)21)13-11(18)7-19-15(16)20-13;15-8-11(16)3-5-13(6-4-11)9-1-2-10(12-7-9)14(17)18;12-10-2-1-9(7-13-10)14-5-3-11(16,8-15)4-6-14;8-6-7(9)4-2-1-3-5-7;6-4-1-2-5(7-3-4)8(9)10;/h3-4,11-12,14-15,17,35-36H,5-10,13,16H2,1-2H3;5-8H,3-4H2,1-2H3;1-2,7,15-16H,3-6,8H2;1-2,7,15-16H,3-6,8H2,(H2,12,13);8-9H,1-6H2;1-3H;1H. The Hall–Kier alpha value is -9.14. The molecule has 6 aliphatic rings. The Morgan fingerprint density at radius 3 is 1.27 bits per heavy atom. The summed E-state index contributed by atoms with van der Waals surface area (Å²) >= 11 is 8.82. The predicted molar refractivity (Wildman–Crippen MR) is 424 cm³/mol. The number of nitrogens with zero attached hydrogens (tertiary/aromatic N) is 15. The maximum atomic E-state index is 14.9. The molecular weight excluding hydrogens is 1590 g/mol. The quantitative estimate of drug-likeness (QED) is 0.0199. The third kappa shape index (κ3) is 24.5. The highest BCUT2D eigenvalue weighted by atomic mass is 79.9. The molecule has 113 heavy (non-hydrogen) atoms. The van der Waals surface area contributed by atoms with E-state index in [1.54, 1.807) is 42.7 Å². The summed E-state index contributed by atoms with van der Waals surface area (Å²) in [5.74, 6) is -1.46. The maximum Gasteiger partial charge on any atom is 0.363 e. The molecular formula is C76H95BrCl2F4N16O14. The van der Waals surface area contributed by atoms with Crippen LogP contribution in [0.5, 0.6) is 11.5 Å². The number of pyridine rings is 4. The number of ether oxygens (including phenoxy) is 2. The first-order valence-electron chi connectivity index (χ1n) is 36.6. The molecule has 10 N–H and O–H groups in total. The first-order valence-corrected chi connectivity index (χ1v) is 37.8. The van der Waals surface area contributed by atoms with Crippen LogP contribution in [0.25, 0.3) is 22.5 Å². The number of benzene rings is 2. The number of hydrogen-bond acceptors (Lipinski definition) is 28. The van der Waals surface area contributed by atoms with Crippen molar-refractivity contribution in [2.24, 2.45) is 0 Å². The van der Waals surface area contributed by atoms with Gasteiger partial charge in [0.1, 0.15) is 36.2 Å². The lowest BCUT2D eigenvalue weighted by molar-refractivity contribution is -0.389. The van der Waals surface area contributed by atoms with Crippen molar-refractivity contribution in [1.29, 1.82) is 0 Å². The van der Waals surface area contributed by atoms with E-state index in [0.29, 0.717) is 131 Å². The summed E-state index contributed by atoms with van der Waals surface area (Å²) in [6.45, 7) is 13.3. The summed E-state index contributed by atoms with van der Waals surface area (Å²) in [6.07, 6.45) is 16.7. The van der Waals surface area contributed by atoms with Crippen LogP contribution in [0.3, 0.4) is 0 Å². The van der Waals surface area contributed by atoms with Gasteiger partial charge < -0.3 is 101 Å². The molecule has 37 heteroatoms. The molecule has 6 aromatic heterocycles. The predicted octanol–water partition coefficient (Wildman–Crippen LogP) is 10.2. The molecule has 5 aliphatic heterocycles. The number of anilines is 6. The number of aromatic nitrogens is 8. The first-order chi connectivity index (χ1) is 53.4. The van der Waals surface area contributed by atoms with E-state index in [0.717, 1.165) is 72.7 Å². The number of nitrogen functional groups attached to an aromatic ring is 1. The average molecular weight is 1680 g/mol. The molecule has 30 nitrogen and oxygen atoms in total. The van der Waals surface area contributed by atoms with Gasteiger partial charge in [0, 0.05) is 80.3 Å². The largest absolute Gasteiger partial charge is 0.486 e. The highest BCUT2D eigenvalue weighted by Gasteiger charge is 2.36. The van der Waals surface area contributed by atoms with Crippen LogP contribution in [0, 0.1) is 43.5 Å². The second kappa shape index (κ2) is 40.7. The molecule has 1 aliphatic carbocycles. The Morgan fingerprint density at radius 2 is 0.903 bits per heavy atom. The van der Waals surface area contributed by atoms with Crippen molar-refractivity contribution >= 4 is 85.8 Å². The van der Waals surface area contributed by atoms with Gasteiger partial charge in [0.05, 0.1) is 126 Å². The third-order valence-corrected chi connectivity index (χ3v) is 20.7. The van der Waals surface area contributed by atoms with Gasteiger partial charge in [0.25, 0.3) is 0 Å². The molecule has 4 fully saturated rings. The zero-order valence-corrected chi connectivity index (χ0v) is 66.1. The van der Waals surface area contributed by atoms with E-state index in [9.17, 15) is 63.3 Å². The molecule has 0 unspecified atom stereocenters. The van der Waals surface area contributed by atoms with Crippen molar-refractivity contribution in [1.82, 2.24) is 39.9 Å². The average Bonchev–Trinajstić information content (AvgIpc) is 0.786. The van der Waals surface area contributed by atoms with Crippen LogP contribution in [0.15, 0.2) is 114 Å². The smallest absolute Gasteiger partial charge is 0.363 e. The highest BCUT2D eigenvalue weighted by Crippen LogP contribution is 2.42. The summed E-state index contributed by atoms with van der Waals surface area (Å²) in [6, 6.07) is 19.5. The second-order valence-corrected chi connectivity index (χ2v) is 29.9. The van der Waals surface area contributed by atoms with Crippen molar-refractivity contribution in [2.45, 2.75) is 139 Å². The van der Waals surface area contributed by atoms with Gasteiger partial charge in [-0.1, -0.05) is 19.3 Å². The Labute approximate surface area is 670 Å².